The van der Waals surface area contributed by atoms with Crippen LogP contribution >= 0.6 is 0 Å². The van der Waals surface area contributed by atoms with Gasteiger partial charge in [-0.25, -0.2) is 8.78 Å². The Balaban J connectivity index is 2.12. The number of nitrogens with one attached hydrogen (secondary N) is 1. The van der Waals surface area contributed by atoms with E-state index in [0.29, 0.717) is 37.3 Å². The summed E-state index contributed by atoms with van der Waals surface area (Å²) in [5.41, 5.74) is 6.06. The zero-order chi connectivity index (χ0) is 19.1. The SMILES string of the molecule is CCNC(=O)[C@H](CC1CCCC1)C(CCc1cc(F)cc(F)c1)C(N)=O. The van der Waals surface area contributed by atoms with Gasteiger partial charge in [0.15, 0.2) is 0 Å². The molecule has 1 aromatic rings. The number of carbonyl (C=O) groups is 2. The number of hydrogen-bond acceptors (Lipinski definition) is 2. The molecule has 1 saturated carbocycles. The fourth-order valence-electron chi connectivity index (χ4n) is 3.98. The van der Waals surface area contributed by atoms with Crippen LogP contribution in [0.25, 0.3) is 0 Å². The third-order valence-corrected chi connectivity index (χ3v) is 5.27. The van der Waals surface area contributed by atoms with Crippen LogP contribution in [0.3, 0.4) is 0 Å². The van der Waals surface area contributed by atoms with Crippen LogP contribution in [0.2, 0.25) is 0 Å². The van der Waals surface area contributed by atoms with Crippen molar-refractivity contribution in [3.8, 4) is 0 Å². The zero-order valence-corrected chi connectivity index (χ0v) is 15.3. The summed E-state index contributed by atoms with van der Waals surface area (Å²) in [6, 6.07) is 3.31. The molecule has 26 heavy (non-hydrogen) atoms. The van der Waals surface area contributed by atoms with Crippen molar-refractivity contribution in [2.75, 3.05) is 6.54 Å². The highest BCUT2D eigenvalue weighted by molar-refractivity contribution is 5.86. The van der Waals surface area contributed by atoms with Crippen molar-refractivity contribution >= 4 is 11.8 Å². The first-order valence-electron chi connectivity index (χ1n) is 9.42. The van der Waals surface area contributed by atoms with Gasteiger partial charge in [0.25, 0.3) is 0 Å². The molecule has 0 bridgehead atoms. The summed E-state index contributed by atoms with van der Waals surface area (Å²) in [6.45, 7) is 2.32. The minimum absolute atomic E-state index is 0.159. The number of hydrogen-bond donors (Lipinski definition) is 2. The average molecular weight is 366 g/mol. The van der Waals surface area contributed by atoms with Gasteiger partial charge in [-0.05, 0) is 49.8 Å². The molecule has 0 saturated heterocycles. The second-order valence-corrected chi connectivity index (χ2v) is 7.21. The van der Waals surface area contributed by atoms with Crippen LogP contribution in [0.1, 0.15) is 51.0 Å². The first-order valence-corrected chi connectivity index (χ1v) is 9.42. The Morgan fingerprint density at radius 3 is 2.31 bits per heavy atom. The van der Waals surface area contributed by atoms with Gasteiger partial charge in [-0.3, -0.25) is 9.59 Å². The molecule has 144 valence electrons. The van der Waals surface area contributed by atoms with E-state index >= 15 is 0 Å². The average Bonchev–Trinajstić information content (AvgIpc) is 3.06. The maximum absolute atomic E-state index is 13.4. The first-order chi connectivity index (χ1) is 12.4. The number of carbonyl (C=O) groups excluding carboxylic acids is 2. The molecular weight excluding hydrogens is 338 g/mol. The number of amides is 2. The van der Waals surface area contributed by atoms with Crippen molar-refractivity contribution in [3.63, 3.8) is 0 Å². The Labute approximate surface area is 153 Å². The van der Waals surface area contributed by atoms with E-state index in [-0.39, 0.29) is 5.91 Å². The molecule has 1 aromatic carbocycles. The molecule has 3 N–H and O–H groups in total. The van der Waals surface area contributed by atoms with Crippen LogP contribution in [-0.4, -0.2) is 18.4 Å². The Morgan fingerprint density at radius 1 is 1.15 bits per heavy atom. The van der Waals surface area contributed by atoms with Crippen LogP contribution in [0.4, 0.5) is 8.78 Å². The van der Waals surface area contributed by atoms with Crippen LogP contribution in [-0.2, 0) is 16.0 Å². The molecule has 1 unspecified atom stereocenters. The van der Waals surface area contributed by atoms with E-state index in [1.165, 1.54) is 12.1 Å². The molecule has 1 fully saturated rings. The summed E-state index contributed by atoms with van der Waals surface area (Å²) in [4.78, 5) is 24.6. The van der Waals surface area contributed by atoms with E-state index in [1.807, 2.05) is 6.92 Å². The minimum atomic E-state index is -0.651. The van der Waals surface area contributed by atoms with Crippen molar-refractivity contribution in [1.29, 1.82) is 0 Å². The van der Waals surface area contributed by atoms with Crippen molar-refractivity contribution in [2.24, 2.45) is 23.5 Å². The van der Waals surface area contributed by atoms with E-state index in [9.17, 15) is 18.4 Å². The number of primary amides is 1. The van der Waals surface area contributed by atoms with Gasteiger partial charge in [0.2, 0.25) is 11.8 Å². The lowest BCUT2D eigenvalue weighted by Gasteiger charge is -2.26. The monoisotopic (exact) mass is 366 g/mol. The lowest BCUT2D eigenvalue weighted by molar-refractivity contribution is -0.134. The molecule has 1 aliphatic carbocycles. The van der Waals surface area contributed by atoms with Gasteiger partial charge < -0.3 is 11.1 Å². The molecule has 6 heteroatoms. The standard InChI is InChI=1S/C20H28F2N2O2/c1-2-24-20(26)18(11-13-5-3-4-6-13)17(19(23)25)8-7-14-9-15(21)12-16(22)10-14/h9-10,12-13,17-18H,2-8,11H2,1H3,(H2,23,25)(H,24,26)/t17?,18-/m1/s1. The Hall–Kier alpha value is -1.98. The summed E-state index contributed by atoms with van der Waals surface area (Å²) in [5.74, 6) is -2.70. The summed E-state index contributed by atoms with van der Waals surface area (Å²) >= 11 is 0. The molecule has 1 aliphatic rings. The summed E-state index contributed by atoms with van der Waals surface area (Å²) in [5, 5.41) is 2.80. The quantitative estimate of drug-likeness (QED) is 0.704. The van der Waals surface area contributed by atoms with Crippen molar-refractivity contribution < 1.29 is 18.4 Å². The maximum Gasteiger partial charge on any atom is 0.223 e. The van der Waals surface area contributed by atoms with Gasteiger partial charge in [-0.1, -0.05) is 25.7 Å². The molecule has 2 atom stereocenters. The molecular formula is C20H28F2N2O2. The fourth-order valence-corrected chi connectivity index (χ4v) is 3.98. The Morgan fingerprint density at radius 2 is 1.77 bits per heavy atom. The van der Waals surface area contributed by atoms with E-state index in [0.717, 1.165) is 31.7 Å². The number of halogens is 2. The molecule has 4 nitrogen and oxygen atoms in total. The van der Waals surface area contributed by atoms with Gasteiger partial charge in [-0.2, -0.15) is 0 Å². The van der Waals surface area contributed by atoms with Crippen LogP contribution in [0.15, 0.2) is 18.2 Å². The van der Waals surface area contributed by atoms with Crippen LogP contribution in [0.5, 0.6) is 0 Å². The number of benzene rings is 1. The van der Waals surface area contributed by atoms with E-state index in [1.54, 1.807) is 0 Å². The van der Waals surface area contributed by atoms with Gasteiger partial charge >= 0.3 is 0 Å². The third-order valence-electron chi connectivity index (χ3n) is 5.27. The molecule has 0 aliphatic heterocycles. The third kappa shape index (κ3) is 5.78. The second kappa shape index (κ2) is 9.64. The van der Waals surface area contributed by atoms with Crippen LogP contribution in [0, 0.1) is 29.4 Å². The molecule has 2 rings (SSSR count). The second-order valence-electron chi connectivity index (χ2n) is 7.21. The Bertz CT molecular complexity index is 610. The molecule has 0 heterocycles. The molecule has 0 spiro atoms. The number of aryl methyl sites for hydroxylation is 1. The van der Waals surface area contributed by atoms with E-state index in [2.05, 4.69) is 5.32 Å². The predicted octanol–water partition coefficient (Wildman–Crippen LogP) is 3.33. The van der Waals surface area contributed by atoms with Gasteiger partial charge in [0.05, 0.1) is 0 Å². The van der Waals surface area contributed by atoms with Crippen LogP contribution < -0.4 is 11.1 Å². The normalized spacial score (nSPS) is 17.0. The van der Waals surface area contributed by atoms with E-state index in [4.69, 9.17) is 5.73 Å². The maximum atomic E-state index is 13.4. The molecule has 0 aromatic heterocycles. The van der Waals surface area contributed by atoms with Crippen molar-refractivity contribution in [1.82, 2.24) is 5.32 Å². The largest absolute Gasteiger partial charge is 0.369 e. The molecule has 2 amide bonds. The van der Waals surface area contributed by atoms with Crippen molar-refractivity contribution in [3.05, 3.63) is 35.4 Å². The van der Waals surface area contributed by atoms with Gasteiger partial charge in [-0.15, -0.1) is 0 Å². The fraction of sp³-hybridized carbons (Fsp3) is 0.600. The predicted molar refractivity (Wildman–Crippen MR) is 96.1 cm³/mol. The lowest BCUT2D eigenvalue weighted by atomic mass is 9.79. The minimum Gasteiger partial charge on any atom is -0.369 e. The van der Waals surface area contributed by atoms with Gasteiger partial charge in [0.1, 0.15) is 11.6 Å². The smallest absolute Gasteiger partial charge is 0.223 e. The summed E-state index contributed by atoms with van der Waals surface area (Å²) < 4.78 is 26.7. The summed E-state index contributed by atoms with van der Waals surface area (Å²) in [7, 11) is 0. The topological polar surface area (TPSA) is 72.2 Å². The highest BCUT2D eigenvalue weighted by atomic mass is 19.1. The number of nitrogens with two attached hydrogens (primary N) is 1. The number of rotatable bonds is 9. The van der Waals surface area contributed by atoms with Crippen molar-refractivity contribution in [2.45, 2.75) is 51.9 Å². The highest BCUT2D eigenvalue weighted by Crippen LogP contribution is 2.34. The summed E-state index contributed by atoms with van der Waals surface area (Å²) in [6.07, 6.45) is 5.66. The highest BCUT2D eigenvalue weighted by Gasteiger charge is 2.34. The Kier molecular flexibility index (Phi) is 7.54. The van der Waals surface area contributed by atoms with Gasteiger partial charge in [0, 0.05) is 24.4 Å². The lowest BCUT2D eigenvalue weighted by Crippen LogP contribution is -2.41. The zero-order valence-electron chi connectivity index (χ0n) is 15.3. The van der Waals surface area contributed by atoms with E-state index < -0.39 is 29.4 Å². The molecule has 0 radical (unpaired) electrons. The first kappa shape index (κ1) is 20.3.